The van der Waals surface area contributed by atoms with Crippen LogP contribution in [0.15, 0.2) is 18.2 Å². The van der Waals surface area contributed by atoms with E-state index in [-0.39, 0.29) is 12.5 Å². The lowest BCUT2D eigenvalue weighted by Crippen LogP contribution is -2.31. The third kappa shape index (κ3) is 4.35. The minimum absolute atomic E-state index is 0.309. The van der Waals surface area contributed by atoms with Crippen LogP contribution in [0.1, 0.15) is 10.4 Å². The molecule has 1 heterocycles. The van der Waals surface area contributed by atoms with Gasteiger partial charge >= 0.3 is 5.97 Å². The van der Waals surface area contributed by atoms with Gasteiger partial charge in [-0.25, -0.2) is 4.79 Å². The van der Waals surface area contributed by atoms with E-state index in [2.05, 4.69) is 5.32 Å². The highest BCUT2D eigenvalue weighted by atomic mass is 16.6. The zero-order chi connectivity index (χ0) is 15.1. The van der Waals surface area contributed by atoms with E-state index in [0.29, 0.717) is 43.4 Å². The molecule has 2 rings (SSSR count). The van der Waals surface area contributed by atoms with Crippen LogP contribution in [0.25, 0.3) is 0 Å². The van der Waals surface area contributed by atoms with Crippen molar-refractivity contribution in [2.24, 2.45) is 0 Å². The zero-order valence-electron chi connectivity index (χ0n) is 11.7. The van der Waals surface area contributed by atoms with Crippen LogP contribution in [-0.2, 0) is 14.3 Å². The summed E-state index contributed by atoms with van der Waals surface area (Å²) in [6.07, 6.45) is 0. The molecule has 1 N–H and O–H groups in total. The first-order chi connectivity index (χ1) is 10.2. The van der Waals surface area contributed by atoms with E-state index in [0.717, 1.165) is 0 Å². The number of rotatable bonds is 6. The van der Waals surface area contributed by atoms with Crippen molar-refractivity contribution in [2.45, 2.75) is 0 Å². The summed E-state index contributed by atoms with van der Waals surface area (Å²) in [5.74, 6) is 0.127. The van der Waals surface area contributed by atoms with Gasteiger partial charge in [0.05, 0.1) is 12.2 Å². The molecule has 0 spiro atoms. The summed E-state index contributed by atoms with van der Waals surface area (Å²) in [6.45, 7) is 1.36. The molecule has 1 aliphatic heterocycles. The first kappa shape index (κ1) is 15.1. The molecule has 0 aromatic heterocycles. The van der Waals surface area contributed by atoms with Crippen LogP contribution in [0.3, 0.4) is 0 Å². The lowest BCUT2D eigenvalue weighted by molar-refractivity contribution is -0.124. The number of esters is 1. The van der Waals surface area contributed by atoms with Crippen LogP contribution in [0.2, 0.25) is 0 Å². The minimum atomic E-state index is -0.589. The monoisotopic (exact) mass is 295 g/mol. The van der Waals surface area contributed by atoms with Crippen molar-refractivity contribution in [3.05, 3.63) is 23.8 Å². The molecule has 0 saturated carbocycles. The number of hydrogen-bond acceptors (Lipinski definition) is 6. The third-order valence-electron chi connectivity index (χ3n) is 2.74. The molecule has 7 heteroatoms. The van der Waals surface area contributed by atoms with Crippen molar-refractivity contribution in [2.75, 3.05) is 40.1 Å². The first-order valence-electron chi connectivity index (χ1n) is 6.53. The Morgan fingerprint density at radius 1 is 1.24 bits per heavy atom. The van der Waals surface area contributed by atoms with Crippen molar-refractivity contribution in [1.29, 1.82) is 0 Å². The fourth-order valence-corrected chi connectivity index (χ4v) is 1.73. The highest BCUT2D eigenvalue weighted by Crippen LogP contribution is 2.30. The van der Waals surface area contributed by atoms with Gasteiger partial charge in [0.2, 0.25) is 0 Å². The number of benzene rings is 1. The molecule has 21 heavy (non-hydrogen) atoms. The zero-order valence-corrected chi connectivity index (χ0v) is 11.7. The van der Waals surface area contributed by atoms with E-state index in [1.54, 1.807) is 18.2 Å². The molecule has 0 atom stereocenters. The van der Waals surface area contributed by atoms with Gasteiger partial charge in [0.15, 0.2) is 18.1 Å². The number of ether oxygens (including phenoxy) is 4. The van der Waals surface area contributed by atoms with Gasteiger partial charge in [-0.15, -0.1) is 0 Å². The van der Waals surface area contributed by atoms with Gasteiger partial charge < -0.3 is 24.3 Å². The second-order valence-electron chi connectivity index (χ2n) is 4.28. The summed E-state index contributed by atoms with van der Waals surface area (Å²) < 4.78 is 20.5. The molecule has 1 aromatic carbocycles. The summed E-state index contributed by atoms with van der Waals surface area (Å²) >= 11 is 0. The second-order valence-corrected chi connectivity index (χ2v) is 4.28. The molecule has 0 bridgehead atoms. The van der Waals surface area contributed by atoms with E-state index < -0.39 is 5.97 Å². The predicted molar refractivity (Wildman–Crippen MR) is 72.6 cm³/mol. The van der Waals surface area contributed by atoms with Crippen molar-refractivity contribution in [1.82, 2.24) is 5.32 Å². The van der Waals surface area contributed by atoms with Gasteiger partial charge in [0.1, 0.15) is 13.2 Å². The summed E-state index contributed by atoms with van der Waals surface area (Å²) in [5.41, 5.74) is 0.309. The first-order valence-corrected chi connectivity index (χ1v) is 6.53. The van der Waals surface area contributed by atoms with E-state index in [1.807, 2.05) is 0 Å². The van der Waals surface area contributed by atoms with Gasteiger partial charge in [-0.05, 0) is 18.2 Å². The minimum Gasteiger partial charge on any atom is -0.486 e. The summed E-state index contributed by atoms with van der Waals surface area (Å²) in [7, 11) is 1.54. The van der Waals surface area contributed by atoms with Crippen molar-refractivity contribution >= 4 is 11.9 Å². The molecular weight excluding hydrogens is 278 g/mol. The maximum atomic E-state index is 11.8. The highest BCUT2D eigenvalue weighted by molar-refractivity contribution is 5.92. The Morgan fingerprint density at radius 2 is 2.00 bits per heavy atom. The third-order valence-corrected chi connectivity index (χ3v) is 2.74. The molecule has 0 unspecified atom stereocenters. The maximum Gasteiger partial charge on any atom is 0.338 e. The fourth-order valence-electron chi connectivity index (χ4n) is 1.73. The average molecular weight is 295 g/mol. The molecule has 0 saturated heterocycles. The SMILES string of the molecule is COCCNC(=O)COC(=O)c1ccc2c(c1)OCCO2. The van der Waals surface area contributed by atoms with Gasteiger partial charge in [0, 0.05) is 13.7 Å². The number of carbonyl (C=O) groups excluding carboxylic acids is 2. The Labute approximate surface area is 122 Å². The Morgan fingerprint density at radius 3 is 2.76 bits per heavy atom. The quantitative estimate of drug-likeness (QED) is 0.603. The van der Waals surface area contributed by atoms with Gasteiger partial charge in [-0.3, -0.25) is 4.79 Å². The largest absolute Gasteiger partial charge is 0.486 e. The molecule has 0 fully saturated rings. The van der Waals surface area contributed by atoms with Crippen LogP contribution in [0.4, 0.5) is 0 Å². The number of hydrogen-bond donors (Lipinski definition) is 1. The van der Waals surface area contributed by atoms with Gasteiger partial charge in [0.25, 0.3) is 5.91 Å². The standard InChI is InChI=1S/C14H17NO6/c1-18-5-4-15-13(16)9-21-14(17)10-2-3-11-12(8-10)20-7-6-19-11/h2-3,8H,4-7,9H2,1H3,(H,15,16). The van der Waals surface area contributed by atoms with E-state index in [1.165, 1.54) is 7.11 Å². The smallest absolute Gasteiger partial charge is 0.338 e. The van der Waals surface area contributed by atoms with Crippen LogP contribution < -0.4 is 14.8 Å². The lowest BCUT2D eigenvalue weighted by Gasteiger charge is -2.18. The summed E-state index contributed by atoms with van der Waals surface area (Å²) in [5, 5.41) is 2.55. The van der Waals surface area contributed by atoms with Crippen molar-refractivity contribution < 1.29 is 28.5 Å². The average Bonchev–Trinajstić information content (AvgIpc) is 2.52. The molecule has 1 amide bonds. The topological polar surface area (TPSA) is 83.1 Å². The predicted octanol–water partition coefficient (Wildman–Crippen LogP) is 0.377. The van der Waals surface area contributed by atoms with E-state index in [9.17, 15) is 9.59 Å². The van der Waals surface area contributed by atoms with Crippen LogP contribution in [0, 0.1) is 0 Å². The molecule has 0 aliphatic carbocycles. The fraction of sp³-hybridized carbons (Fsp3) is 0.429. The molecule has 114 valence electrons. The van der Waals surface area contributed by atoms with E-state index >= 15 is 0 Å². The lowest BCUT2D eigenvalue weighted by atomic mass is 10.2. The number of fused-ring (bicyclic) bond motifs is 1. The summed E-state index contributed by atoms with van der Waals surface area (Å²) in [6, 6.07) is 4.75. The Kier molecular flexibility index (Phi) is 5.39. The second kappa shape index (κ2) is 7.49. The Hall–Kier alpha value is -2.28. The number of nitrogens with one attached hydrogen (secondary N) is 1. The van der Waals surface area contributed by atoms with Gasteiger partial charge in [-0.1, -0.05) is 0 Å². The summed E-state index contributed by atoms with van der Waals surface area (Å²) in [4.78, 5) is 23.2. The normalized spacial score (nSPS) is 12.6. The van der Waals surface area contributed by atoms with Crippen LogP contribution in [0.5, 0.6) is 11.5 Å². The molecular formula is C14H17NO6. The molecule has 1 aliphatic rings. The maximum absolute atomic E-state index is 11.8. The van der Waals surface area contributed by atoms with Crippen molar-refractivity contribution in [3.63, 3.8) is 0 Å². The van der Waals surface area contributed by atoms with Crippen LogP contribution >= 0.6 is 0 Å². The molecule has 7 nitrogen and oxygen atoms in total. The Balaban J connectivity index is 1.84. The van der Waals surface area contributed by atoms with Crippen molar-refractivity contribution in [3.8, 4) is 11.5 Å². The highest BCUT2D eigenvalue weighted by Gasteiger charge is 2.16. The van der Waals surface area contributed by atoms with Crippen LogP contribution in [-0.4, -0.2) is 52.0 Å². The number of carbonyl (C=O) groups is 2. The number of amides is 1. The molecule has 1 aromatic rings. The van der Waals surface area contributed by atoms with E-state index in [4.69, 9.17) is 18.9 Å². The molecule has 0 radical (unpaired) electrons. The Bertz CT molecular complexity index is 516. The number of methoxy groups -OCH3 is 1. The van der Waals surface area contributed by atoms with Gasteiger partial charge in [-0.2, -0.15) is 0 Å².